The molecule has 11 rings (SSSR count). The minimum absolute atomic E-state index is 0.0188. The first-order valence-corrected chi connectivity index (χ1v) is 17.9. The monoisotopic (exact) mass is 669 g/mol. The number of allylic oxidation sites excluding steroid dienone is 5. The zero-order valence-corrected chi connectivity index (χ0v) is 28.2. The number of fused-ring (bicyclic) bond motifs is 8. The fourth-order valence-corrected chi connectivity index (χ4v) is 8.33. The average molecular weight is 670 g/mol. The van der Waals surface area contributed by atoms with Crippen LogP contribution in [0.25, 0.3) is 77.6 Å². The molecule has 0 radical (unpaired) electrons. The lowest BCUT2D eigenvalue weighted by Gasteiger charge is -2.26. The van der Waals surface area contributed by atoms with Crippen LogP contribution in [0.4, 0.5) is 0 Å². The number of hydrogen-bond acceptors (Lipinski definition) is 5. The van der Waals surface area contributed by atoms with E-state index in [-0.39, 0.29) is 12.0 Å². The summed E-state index contributed by atoms with van der Waals surface area (Å²) in [4.78, 5) is 15.8. The molecule has 2 unspecified atom stereocenters. The van der Waals surface area contributed by atoms with Gasteiger partial charge in [-0.3, -0.25) is 0 Å². The predicted octanol–water partition coefficient (Wildman–Crippen LogP) is 11.7. The summed E-state index contributed by atoms with van der Waals surface area (Å²) in [6, 6.07) is 42.1. The second-order valence-electron chi connectivity index (χ2n) is 13.8. The maximum Gasteiger partial charge on any atom is 0.164 e. The molecule has 2 aliphatic carbocycles. The van der Waals surface area contributed by atoms with E-state index in [0.717, 1.165) is 73.6 Å². The highest BCUT2D eigenvalue weighted by molar-refractivity contribution is 6.14. The van der Waals surface area contributed by atoms with Gasteiger partial charge >= 0.3 is 0 Å². The molecular weight excluding hydrogens is 639 g/mol. The van der Waals surface area contributed by atoms with Crippen LogP contribution in [0.3, 0.4) is 0 Å². The van der Waals surface area contributed by atoms with Crippen molar-refractivity contribution in [2.75, 3.05) is 0 Å². The second kappa shape index (κ2) is 11.5. The molecule has 0 amide bonds. The summed E-state index contributed by atoms with van der Waals surface area (Å²) in [6.07, 6.45) is 12.9. The number of hydrogen-bond donors (Lipinski definition) is 0. The summed E-state index contributed by atoms with van der Waals surface area (Å²) in [5.41, 5.74) is 7.99. The van der Waals surface area contributed by atoms with Gasteiger partial charge in [0.25, 0.3) is 0 Å². The van der Waals surface area contributed by atoms with Crippen LogP contribution in [0.15, 0.2) is 173 Å². The zero-order valence-electron chi connectivity index (χ0n) is 28.2. The number of furan rings is 1. The van der Waals surface area contributed by atoms with Crippen LogP contribution in [0.5, 0.6) is 0 Å². The van der Waals surface area contributed by atoms with Crippen molar-refractivity contribution in [3.05, 3.63) is 174 Å². The van der Waals surface area contributed by atoms with Gasteiger partial charge in [-0.2, -0.15) is 0 Å². The predicted molar refractivity (Wildman–Crippen MR) is 209 cm³/mol. The molecule has 1 aliphatic heterocycles. The van der Waals surface area contributed by atoms with E-state index in [2.05, 4.69) is 121 Å². The van der Waals surface area contributed by atoms with E-state index in [9.17, 15) is 0 Å². The molecule has 246 valence electrons. The van der Waals surface area contributed by atoms with Crippen molar-refractivity contribution < 1.29 is 9.15 Å². The highest BCUT2D eigenvalue weighted by Crippen LogP contribution is 2.47. The summed E-state index contributed by atoms with van der Waals surface area (Å²) in [5, 5.41) is 6.62. The van der Waals surface area contributed by atoms with Gasteiger partial charge in [-0.05, 0) is 57.8 Å². The maximum atomic E-state index is 6.72. The van der Waals surface area contributed by atoms with Crippen LogP contribution >= 0.6 is 0 Å². The summed E-state index contributed by atoms with van der Waals surface area (Å²) in [5.74, 6) is 2.92. The molecule has 2 atom stereocenters. The van der Waals surface area contributed by atoms with E-state index >= 15 is 0 Å². The number of benzene rings is 6. The van der Waals surface area contributed by atoms with Crippen molar-refractivity contribution in [3.63, 3.8) is 0 Å². The first-order valence-electron chi connectivity index (χ1n) is 17.9. The Morgan fingerprint density at radius 1 is 0.615 bits per heavy atom. The van der Waals surface area contributed by atoms with Gasteiger partial charge in [-0.25, -0.2) is 15.0 Å². The fraction of sp³-hybridized carbons (Fsp3) is 0.0851. The van der Waals surface area contributed by atoms with Gasteiger partial charge in [0.05, 0.1) is 0 Å². The Hall–Kier alpha value is -6.59. The molecule has 5 nitrogen and oxygen atoms in total. The molecule has 8 aromatic rings. The van der Waals surface area contributed by atoms with Crippen molar-refractivity contribution in [1.82, 2.24) is 15.0 Å². The topological polar surface area (TPSA) is 61.0 Å². The second-order valence-corrected chi connectivity index (χ2v) is 13.8. The molecule has 0 fully saturated rings. The molecule has 52 heavy (non-hydrogen) atoms. The Morgan fingerprint density at radius 3 is 2.23 bits per heavy atom. The molecule has 5 heteroatoms. The van der Waals surface area contributed by atoms with Gasteiger partial charge in [0.2, 0.25) is 0 Å². The molecule has 6 aromatic carbocycles. The van der Waals surface area contributed by atoms with Crippen LogP contribution in [0.2, 0.25) is 0 Å². The first kappa shape index (κ1) is 29.2. The minimum Gasteiger partial charge on any atom is -0.488 e. The van der Waals surface area contributed by atoms with E-state index in [1.807, 2.05) is 30.3 Å². The third-order valence-electron chi connectivity index (χ3n) is 10.7. The highest BCUT2D eigenvalue weighted by atomic mass is 16.5. The van der Waals surface area contributed by atoms with E-state index < -0.39 is 0 Å². The number of rotatable bonds is 4. The first-order chi connectivity index (χ1) is 25.8. The molecule has 0 N–H and O–H groups in total. The van der Waals surface area contributed by atoms with E-state index in [1.54, 1.807) is 0 Å². The van der Waals surface area contributed by atoms with Gasteiger partial charge in [0.1, 0.15) is 23.0 Å². The molecule has 0 bridgehead atoms. The van der Waals surface area contributed by atoms with Crippen LogP contribution in [-0.2, 0) is 4.74 Å². The molecule has 0 saturated heterocycles. The lowest BCUT2D eigenvalue weighted by Crippen LogP contribution is -2.21. The summed E-state index contributed by atoms with van der Waals surface area (Å²) in [7, 11) is 0. The van der Waals surface area contributed by atoms with Crippen molar-refractivity contribution in [3.8, 4) is 34.2 Å². The lowest BCUT2D eigenvalue weighted by atomic mass is 9.82. The molecule has 3 heterocycles. The van der Waals surface area contributed by atoms with Crippen molar-refractivity contribution in [2.45, 2.75) is 24.9 Å². The molecule has 3 aliphatic rings. The van der Waals surface area contributed by atoms with Gasteiger partial charge in [0.15, 0.2) is 17.5 Å². The normalized spacial score (nSPS) is 17.9. The summed E-state index contributed by atoms with van der Waals surface area (Å²) >= 11 is 0. The fourth-order valence-electron chi connectivity index (χ4n) is 8.33. The molecule has 0 saturated carbocycles. The van der Waals surface area contributed by atoms with Gasteiger partial charge in [0, 0.05) is 50.9 Å². The standard InChI is InChI=1S/C47H31N3O2/c1-2-13-28(14-3-1)45-48-46(38-25-29-15-4-5-16-31(29)33-17-6-7-18-34(33)38)50-47(49-45)39-26-30(27-42-43(39)37-20-9-11-24-41(37)51-42)32-21-12-22-36-35-19-8-10-23-40(35)52-44(32)36/h1-9,11-22,24-27,32,44H,10,23H2. The van der Waals surface area contributed by atoms with E-state index in [4.69, 9.17) is 24.1 Å². The van der Waals surface area contributed by atoms with Crippen molar-refractivity contribution in [2.24, 2.45) is 0 Å². The van der Waals surface area contributed by atoms with E-state index in [1.165, 1.54) is 21.9 Å². The van der Waals surface area contributed by atoms with Crippen molar-refractivity contribution in [1.29, 1.82) is 0 Å². The van der Waals surface area contributed by atoms with Gasteiger partial charge in [-0.1, -0.05) is 127 Å². The quantitative estimate of drug-likeness (QED) is 0.175. The third kappa shape index (κ3) is 4.52. The average Bonchev–Trinajstić information content (AvgIpc) is 3.79. The largest absolute Gasteiger partial charge is 0.488 e. The Labute approximate surface area is 299 Å². The maximum absolute atomic E-state index is 6.72. The Bertz CT molecular complexity index is 2900. The lowest BCUT2D eigenvalue weighted by molar-refractivity contribution is 0.145. The van der Waals surface area contributed by atoms with Crippen LogP contribution in [0, 0.1) is 0 Å². The zero-order chi connectivity index (χ0) is 34.2. The van der Waals surface area contributed by atoms with Crippen LogP contribution in [-0.4, -0.2) is 21.1 Å². The molecule has 0 spiro atoms. The Kier molecular flexibility index (Phi) is 6.44. The van der Waals surface area contributed by atoms with Crippen molar-refractivity contribution >= 4 is 43.5 Å². The van der Waals surface area contributed by atoms with Gasteiger partial charge < -0.3 is 9.15 Å². The number of para-hydroxylation sites is 1. The van der Waals surface area contributed by atoms with Crippen LogP contribution < -0.4 is 0 Å². The molecule has 2 aromatic heterocycles. The Balaban J connectivity index is 1.17. The van der Waals surface area contributed by atoms with E-state index in [0.29, 0.717) is 17.5 Å². The minimum atomic E-state index is -0.106. The van der Waals surface area contributed by atoms with Crippen LogP contribution in [0.1, 0.15) is 24.3 Å². The smallest absolute Gasteiger partial charge is 0.164 e. The highest BCUT2D eigenvalue weighted by Gasteiger charge is 2.38. The SMILES string of the molecule is C1=CC(c2cc(-c3nc(-c4ccccc4)nc(-c4cc5ccccc5c5ccccc45)n3)c3c(c2)oc2ccccc23)C2OC3=C(C=CCC3)C2=C1. The number of aromatic nitrogens is 3. The summed E-state index contributed by atoms with van der Waals surface area (Å²) in [6.45, 7) is 0. The number of ether oxygens (including phenoxy) is 1. The Morgan fingerprint density at radius 2 is 1.35 bits per heavy atom. The molecular formula is C47H31N3O2. The summed E-state index contributed by atoms with van der Waals surface area (Å²) < 4.78 is 13.3. The van der Waals surface area contributed by atoms with Gasteiger partial charge in [-0.15, -0.1) is 0 Å². The third-order valence-corrected chi connectivity index (χ3v) is 10.7. The number of nitrogens with zero attached hydrogens (tertiary/aromatic N) is 3.